The quantitative estimate of drug-likeness (QED) is 0.828. The fraction of sp³-hybridized carbons (Fsp3) is 0.588. The fourth-order valence-corrected chi connectivity index (χ4v) is 4.96. The van der Waals surface area contributed by atoms with Crippen LogP contribution in [0.15, 0.2) is 18.2 Å². The maximum absolute atomic E-state index is 13.7. The first-order valence-electron chi connectivity index (χ1n) is 8.52. The standard InChI is InChI=1S/C17H23FN2O4S/c1-24-16-5-2-13(10-15(16)18)17(21)19-11-12-6-8-20(9-7-12)25(22,23)14-3-4-14/h2,5,10,12,14H,3-4,6-9,11H2,1H3,(H,19,21). The summed E-state index contributed by atoms with van der Waals surface area (Å²) < 4.78 is 44.5. The summed E-state index contributed by atoms with van der Waals surface area (Å²) in [5.41, 5.74) is 0.243. The number of carbonyl (C=O) groups excluding carboxylic acids is 1. The van der Waals surface area contributed by atoms with Gasteiger partial charge >= 0.3 is 0 Å². The number of nitrogens with zero attached hydrogens (tertiary/aromatic N) is 1. The van der Waals surface area contributed by atoms with Crippen LogP contribution in [-0.2, 0) is 10.0 Å². The van der Waals surface area contributed by atoms with E-state index in [-0.39, 0.29) is 28.4 Å². The molecule has 25 heavy (non-hydrogen) atoms. The largest absolute Gasteiger partial charge is 0.494 e. The fourth-order valence-electron chi connectivity index (χ4n) is 3.09. The molecule has 1 aliphatic carbocycles. The summed E-state index contributed by atoms with van der Waals surface area (Å²) in [6.07, 6.45) is 3.00. The van der Waals surface area contributed by atoms with Gasteiger partial charge < -0.3 is 10.1 Å². The van der Waals surface area contributed by atoms with Crippen molar-refractivity contribution in [2.45, 2.75) is 30.9 Å². The Morgan fingerprint density at radius 2 is 1.96 bits per heavy atom. The Hall–Kier alpha value is -1.67. The molecule has 6 nitrogen and oxygen atoms in total. The third-order valence-corrected chi connectivity index (χ3v) is 7.24. The zero-order valence-electron chi connectivity index (χ0n) is 14.2. The van der Waals surface area contributed by atoms with Gasteiger partial charge in [-0.1, -0.05) is 0 Å². The lowest BCUT2D eigenvalue weighted by molar-refractivity contribution is 0.0941. The molecule has 2 aliphatic rings. The van der Waals surface area contributed by atoms with E-state index in [1.165, 1.54) is 19.2 Å². The molecule has 3 rings (SSSR count). The molecule has 0 bridgehead atoms. The molecule has 1 aromatic carbocycles. The number of rotatable bonds is 6. The van der Waals surface area contributed by atoms with Crippen LogP contribution in [-0.4, -0.2) is 50.6 Å². The maximum Gasteiger partial charge on any atom is 0.251 e. The molecular formula is C17H23FN2O4S. The number of nitrogens with one attached hydrogen (secondary N) is 1. The van der Waals surface area contributed by atoms with Crippen molar-refractivity contribution < 1.29 is 22.3 Å². The van der Waals surface area contributed by atoms with Crippen LogP contribution in [0.1, 0.15) is 36.0 Å². The van der Waals surface area contributed by atoms with E-state index in [1.807, 2.05) is 0 Å². The smallest absolute Gasteiger partial charge is 0.251 e. The number of sulfonamides is 1. The van der Waals surface area contributed by atoms with Crippen LogP contribution in [0.4, 0.5) is 4.39 Å². The molecule has 1 saturated heterocycles. The highest BCUT2D eigenvalue weighted by Crippen LogP contribution is 2.33. The Kier molecular flexibility index (Phi) is 5.29. The predicted octanol–water partition coefficient (Wildman–Crippen LogP) is 1.77. The number of hydrogen-bond acceptors (Lipinski definition) is 4. The molecule has 1 heterocycles. The van der Waals surface area contributed by atoms with Crippen LogP contribution < -0.4 is 10.1 Å². The SMILES string of the molecule is COc1ccc(C(=O)NCC2CCN(S(=O)(=O)C3CC3)CC2)cc1F. The van der Waals surface area contributed by atoms with Crippen LogP contribution in [0.25, 0.3) is 0 Å². The van der Waals surface area contributed by atoms with E-state index in [4.69, 9.17) is 4.74 Å². The number of halogens is 1. The molecule has 0 unspecified atom stereocenters. The van der Waals surface area contributed by atoms with Crippen LogP contribution in [0, 0.1) is 11.7 Å². The Morgan fingerprint density at radius 3 is 2.52 bits per heavy atom. The second kappa shape index (κ2) is 7.29. The van der Waals surface area contributed by atoms with E-state index in [0.29, 0.717) is 19.6 Å². The van der Waals surface area contributed by atoms with Gasteiger partial charge in [-0.15, -0.1) is 0 Å². The van der Waals surface area contributed by atoms with Gasteiger partial charge in [0.05, 0.1) is 12.4 Å². The third-order valence-electron chi connectivity index (χ3n) is 4.84. The average Bonchev–Trinajstić information content (AvgIpc) is 3.45. The summed E-state index contributed by atoms with van der Waals surface area (Å²) in [7, 11) is -1.74. The van der Waals surface area contributed by atoms with Gasteiger partial charge in [-0.25, -0.2) is 17.1 Å². The number of methoxy groups -OCH3 is 1. The Bertz CT molecular complexity index is 741. The first-order valence-corrected chi connectivity index (χ1v) is 10.0. The van der Waals surface area contributed by atoms with Crippen molar-refractivity contribution in [2.75, 3.05) is 26.7 Å². The van der Waals surface area contributed by atoms with Gasteiger partial charge in [-0.2, -0.15) is 0 Å². The number of hydrogen-bond donors (Lipinski definition) is 1. The predicted molar refractivity (Wildman–Crippen MR) is 91.5 cm³/mol. The van der Waals surface area contributed by atoms with E-state index in [9.17, 15) is 17.6 Å². The van der Waals surface area contributed by atoms with Gasteiger partial charge in [0, 0.05) is 25.2 Å². The lowest BCUT2D eigenvalue weighted by Gasteiger charge is -2.31. The second-order valence-electron chi connectivity index (χ2n) is 6.65. The molecule has 0 radical (unpaired) electrons. The highest BCUT2D eigenvalue weighted by Gasteiger charge is 2.41. The summed E-state index contributed by atoms with van der Waals surface area (Å²) >= 11 is 0. The summed E-state index contributed by atoms with van der Waals surface area (Å²) in [5, 5.41) is 2.64. The Balaban J connectivity index is 1.48. The molecule has 138 valence electrons. The summed E-state index contributed by atoms with van der Waals surface area (Å²) in [4.78, 5) is 12.1. The molecule has 1 N–H and O–H groups in total. The zero-order valence-corrected chi connectivity index (χ0v) is 15.0. The van der Waals surface area contributed by atoms with Crippen LogP contribution >= 0.6 is 0 Å². The number of carbonyl (C=O) groups is 1. The maximum atomic E-state index is 13.7. The van der Waals surface area contributed by atoms with Crippen molar-refractivity contribution in [3.8, 4) is 5.75 Å². The summed E-state index contributed by atoms with van der Waals surface area (Å²) in [6, 6.07) is 4.09. The van der Waals surface area contributed by atoms with Crippen molar-refractivity contribution in [3.05, 3.63) is 29.6 Å². The summed E-state index contributed by atoms with van der Waals surface area (Å²) in [6.45, 7) is 1.48. The van der Waals surface area contributed by atoms with E-state index in [0.717, 1.165) is 31.7 Å². The lowest BCUT2D eigenvalue weighted by Crippen LogP contribution is -2.42. The Labute approximate surface area is 147 Å². The molecule has 1 aromatic rings. The van der Waals surface area contributed by atoms with Crippen molar-refractivity contribution in [1.29, 1.82) is 0 Å². The Morgan fingerprint density at radius 1 is 1.28 bits per heavy atom. The van der Waals surface area contributed by atoms with Crippen molar-refractivity contribution in [2.24, 2.45) is 5.92 Å². The average molecular weight is 370 g/mol. The molecule has 1 saturated carbocycles. The van der Waals surface area contributed by atoms with Gasteiger partial charge in [-0.3, -0.25) is 4.79 Å². The minimum absolute atomic E-state index is 0.0980. The van der Waals surface area contributed by atoms with Crippen molar-refractivity contribution in [1.82, 2.24) is 9.62 Å². The highest BCUT2D eigenvalue weighted by molar-refractivity contribution is 7.90. The number of ether oxygens (including phenoxy) is 1. The molecule has 0 atom stereocenters. The number of benzene rings is 1. The number of amides is 1. The van der Waals surface area contributed by atoms with Gasteiger partial charge in [0.15, 0.2) is 11.6 Å². The third kappa shape index (κ3) is 4.12. The molecule has 1 aliphatic heterocycles. The lowest BCUT2D eigenvalue weighted by atomic mass is 9.98. The second-order valence-corrected chi connectivity index (χ2v) is 8.86. The minimum atomic E-state index is -3.11. The monoisotopic (exact) mass is 370 g/mol. The zero-order chi connectivity index (χ0) is 18.0. The molecule has 1 amide bonds. The first-order chi connectivity index (χ1) is 11.9. The topological polar surface area (TPSA) is 75.7 Å². The highest BCUT2D eigenvalue weighted by atomic mass is 32.2. The van der Waals surface area contributed by atoms with E-state index in [2.05, 4.69) is 5.32 Å². The van der Waals surface area contributed by atoms with E-state index >= 15 is 0 Å². The summed E-state index contributed by atoms with van der Waals surface area (Å²) in [5.74, 6) is -0.582. The van der Waals surface area contributed by atoms with Crippen LogP contribution in [0.5, 0.6) is 5.75 Å². The van der Waals surface area contributed by atoms with Gasteiger partial charge in [0.2, 0.25) is 10.0 Å². The van der Waals surface area contributed by atoms with Gasteiger partial charge in [0.1, 0.15) is 0 Å². The first kappa shape index (κ1) is 18.1. The van der Waals surface area contributed by atoms with Crippen molar-refractivity contribution >= 4 is 15.9 Å². The molecule has 8 heteroatoms. The normalized spacial score (nSPS) is 19.6. The molecule has 2 fully saturated rings. The minimum Gasteiger partial charge on any atom is -0.494 e. The molecule has 0 spiro atoms. The number of piperidine rings is 1. The van der Waals surface area contributed by atoms with Crippen LogP contribution in [0.2, 0.25) is 0 Å². The van der Waals surface area contributed by atoms with Crippen LogP contribution in [0.3, 0.4) is 0 Å². The van der Waals surface area contributed by atoms with Gasteiger partial charge in [0.25, 0.3) is 5.91 Å². The van der Waals surface area contributed by atoms with E-state index in [1.54, 1.807) is 4.31 Å². The van der Waals surface area contributed by atoms with Crippen molar-refractivity contribution in [3.63, 3.8) is 0 Å². The molecule has 0 aromatic heterocycles. The van der Waals surface area contributed by atoms with Gasteiger partial charge in [-0.05, 0) is 49.8 Å². The van der Waals surface area contributed by atoms with E-state index < -0.39 is 15.8 Å². The molecular weight excluding hydrogens is 347 g/mol.